The van der Waals surface area contributed by atoms with Crippen molar-refractivity contribution in [3.8, 4) is 0 Å². The number of amides is 1. The molecule has 7 heteroatoms. The number of aromatic amines is 1. The molecule has 0 aliphatic rings. The van der Waals surface area contributed by atoms with Crippen LogP contribution in [0.3, 0.4) is 0 Å². The predicted octanol–water partition coefficient (Wildman–Crippen LogP) is 2.82. The molecule has 1 heterocycles. The molecule has 0 saturated heterocycles. The van der Waals surface area contributed by atoms with Gasteiger partial charge < -0.3 is 11.1 Å². The molecule has 0 radical (unpaired) electrons. The average Bonchev–Trinajstić information content (AvgIpc) is 3.10. The molecule has 0 atom stereocenters. The summed E-state index contributed by atoms with van der Waals surface area (Å²) in [6, 6.07) is 20.7. The first kappa shape index (κ1) is 18.0. The van der Waals surface area contributed by atoms with Gasteiger partial charge in [0.25, 0.3) is 0 Å². The lowest BCUT2D eigenvalue weighted by atomic mass is 9.88. The number of anilines is 1. The number of hydrogen-bond acceptors (Lipinski definition) is 5. The Morgan fingerprint density at radius 2 is 1.69 bits per heavy atom. The number of nitrogen functional groups attached to an aromatic ring is 1. The lowest BCUT2D eigenvalue weighted by molar-refractivity contribution is -0.118. The van der Waals surface area contributed by atoms with E-state index in [0.717, 1.165) is 6.42 Å². The van der Waals surface area contributed by atoms with Gasteiger partial charge in [-0.3, -0.25) is 4.79 Å². The van der Waals surface area contributed by atoms with Crippen LogP contribution in [-0.2, 0) is 4.79 Å². The molecule has 0 saturated carbocycles. The van der Waals surface area contributed by atoms with Crippen molar-refractivity contribution in [2.45, 2.75) is 17.5 Å². The molecule has 3 aromatic rings. The van der Waals surface area contributed by atoms with E-state index in [-0.39, 0.29) is 23.5 Å². The van der Waals surface area contributed by atoms with Gasteiger partial charge in [0, 0.05) is 12.5 Å². The van der Waals surface area contributed by atoms with Gasteiger partial charge in [-0.2, -0.15) is 4.98 Å². The SMILES string of the molecule is Nc1nc(SCC(=O)NCCC(c2ccccc2)c2ccccc2)n[nH]1. The van der Waals surface area contributed by atoms with Crippen LogP contribution < -0.4 is 11.1 Å². The summed E-state index contributed by atoms with van der Waals surface area (Å²) in [5.74, 6) is 0.719. The largest absolute Gasteiger partial charge is 0.368 e. The number of nitrogens with zero attached hydrogens (tertiary/aromatic N) is 2. The number of nitrogens with two attached hydrogens (primary N) is 1. The third-order valence-corrected chi connectivity index (χ3v) is 4.82. The summed E-state index contributed by atoms with van der Waals surface area (Å²) in [5.41, 5.74) is 7.96. The van der Waals surface area contributed by atoms with E-state index >= 15 is 0 Å². The fourth-order valence-corrected chi connectivity index (χ4v) is 3.39. The molecule has 0 fully saturated rings. The maximum atomic E-state index is 12.0. The van der Waals surface area contributed by atoms with Crippen molar-refractivity contribution in [3.63, 3.8) is 0 Å². The van der Waals surface area contributed by atoms with Crippen molar-refractivity contribution in [3.05, 3.63) is 71.8 Å². The Morgan fingerprint density at radius 1 is 1.08 bits per heavy atom. The number of hydrogen-bond donors (Lipinski definition) is 3. The number of aromatic nitrogens is 3. The Bertz CT molecular complexity index is 783. The monoisotopic (exact) mass is 367 g/mol. The van der Waals surface area contributed by atoms with Crippen molar-refractivity contribution >= 4 is 23.6 Å². The zero-order chi connectivity index (χ0) is 18.2. The molecule has 1 aromatic heterocycles. The number of nitrogens with one attached hydrogen (secondary N) is 2. The van der Waals surface area contributed by atoms with Crippen molar-refractivity contribution in [2.75, 3.05) is 18.0 Å². The Balaban J connectivity index is 1.54. The van der Waals surface area contributed by atoms with Gasteiger partial charge in [-0.05, 0) is 17.5 Å². The maximum Gasteiger partial charge on any atom is 0.230 e. The molecule has 0 aliphatic carbocycles. The van der Waals surface area contributed by atoms with Gasteiger partial charge >= 0.3 is 0 Å². The van der Waals surface area contributed by atoms with E-state index in [2.05, 4.69) is 44.8 Å². The fraction of sp³-hybridized carbons (Fsp3) is 0.211. The highest BCUT2D eigenvalue weighted by atomic mass is 32.2. The van der Waals surface area contributed by atoms with E-state index in [1.165, 1.54) is 22.9 Å². The molecule has 0 bridgehead atoms. The molecule has 0 spiro atoms. The van der Waals surface area contributed by atoms with E-state index in [1.54, 1.807) is 0 Å². The normalized spacial score (nSPS) is 10.8. The Labute approximate surface area is 156 Å². The summed E-state index contributed by atoms with van der Waals surface area (Å²) in [4.78, 5) is 16.0. The standard InChI is InChI=1S/C19H21N5OS/c20-18-22-19(24-23-18)26-13-17(25)21-12-11-16(14-7-3-1-4-8-14)15-9-5-2-6-10-15/h1-10,16H,11-13H2,(H,21,25)(H3,20,22,23,24). The van der Waals surface area contributed by atoms with Crippen LogP contribution in [0.1, 0.15) is 23.5 Å². The van der Waals surface area contributed by atoms with Crippen LogP contribution >= 0.6 is 11.8 Å². The number of H-pyrrole nitrogens is 1. The van der Waals surface area contributed by atoms with E-state index in [9.17, 15) is 4.79 Å². The van der Waals surface area contributed by atoms with Crippen LogP contribution in [0, 0.1) is 0 Å². The summed E-state index contributed by atoms with van der Waals surface area (Å²) in [6.07, 6.45) is 0.831. The van der Waals surface area contributed by atoms with Crippen molar-refractivity contribution in [1.29, 1.82) is 0 Å². The first-order valence-electron chi connectivity index (χ1n) is 8.39. The van der Waals surface area contributed by atoms with Gasteiger partial charge in [-0.25, -0.2) is 5.10 Å². The maximum absolute atomic E-state index is 12.0. The second kappa shape index (κ2) is 9.05. The molecular weight excluding hydrogens is 346 g/mol. The van der Waals surface area contributed by atoms with Crippen LogP contribution in [-0.4, -0.2) is 33.4 Å². The highest BCUT2D eigenvalue weighted by Crippen LogP contribution is 2.27. The third-order valence-electron chi connectivity index (χ3n) is 3.97. The van der Waals surface area contributed by atoms with Crippen LogP contribution in [0.15, 0.2) is 65.8 Å². The number of carbonyl (C=O) groups is 1. The Kier molecular flexibility index (Phi) is 6.27. The highest BCUT2D eigenvalue weighted by molar-refractivity contribution is 7.99. The van der Waals surface area contributed by atoms with E-state index in [4.69, 9.17) is 5.73 Å². The van der Waals surface area contributed by atoms with Gasteiger partial charge in [0.05, 0.1) is 5.75 Å². The van der Waals surface area contributed by atoms with Crippen molar-refractivity contribution in [2.24, 2.45) is 0 Å². The Morgan fingerprint density at radius 3 is 2.23 bits per heavy atom. The summed E-state index contributed by atoms with van der Waals surface area (Å²) in [7, 11) is 0. The third kappa shape index (κ3) is 5.10. The van der Waals surface area contributed by atoms with Crippen molar-refractivity contribution in [1.82, 2.24) is 20.5 Å². The number of thioether (sulfide) groups is 1. The number of rotatable bonds is 8. The van der Waals surface area contributed by atoms with Gasteiger partial charge in [-0.1, -0.05) is 72.4 Å². The fourth-order valence-electron chi connectivity index (χ4n) is 2.76. The second-order valence-electron chi connectivity index (χ2n) is 5.80. The van der Waals surface area contributed by atoms with Gasteiger partial charge in [-0.15, -0.1) is 5.10 Å². The zero-order valence-corrected chi connectivity index (χ0v) is 15.1. The first-order valence-corrected chi connectivity index (χ1v) is 9.38. The smallest absolute Gasteiger partial charge is 0.230 e. The summed E-state index contributed by atoms with van der Waals surface area (Å²) in [6.45, 7) is 0.601. The van der Waals surface area contributed by atoms with Crippen LogP contribution in [0.2, 0.25) is 0 Å². The minimum Gasteiger partial charge on any atom is -0.368 e. The number of benzene rings is 2. The quantitative estimate of drug-likeness (QED) is 0.532. The molecule has 0 unspecified atom stereocenters. The van der Waals surface area contributed by atoms with E-state index in [0.29, 0.717) is 11.7 Å². The molecule has 3 rings (SSSR count). The lowest BCUT2D eigenvalue weighted by Crippen LogP contribution is -2.27. The molecule has 2 aromatic carbocycles. The van der Waals surface area contributed by atoms with E-state index < -0.39 is 0 Å². The minimum atomic E-state index is -0.0433. The van der Waals surface area contributed by atoms with Crippen LogP contribution in [0.5, 0.6) is 0 Å². The molecule has 4 N–H and O–H groups in total. The van der Waals surface area contributed by atoms with Crippen LogP contribution in [0.25, 0.3) is 0 Å². The Hall–Kier alpha value is -2.80. The van der Waals surface area contributed by atoms with Gasteiger partial charge in [0.2, 0.25) is 17.0 Å². The zero-order valence-electron chi connectivity index (χ0n) is 14.3. The summed E-state index contributed by atoms with van der Waals surface area (Å²) >= 11 is 1.26. The van der Waals surface area contributed by atoms with Crippen LogP contribution in [0.4, 0.5) is 5.95 Å². The molecule has 26 heavy (non-hydrogen) atoms. The molecular formula is C19H21N5OS. The van der Waals surface area contributed by atoms with Gasteiger partial charge in [0.15, 0.2) is 0 Å². The predicted molar refractivity (Wildman–Crippen MR) is 104 cm³/mol. The van der Waals surface area contributed by atoms with Gasteiger partial charge in [0.1, 0.15) is 0 Å². The average molecular weight is 367 g/mol. The second-order valence-corrected chi connectivity index (χ2v) is 6.75. The molecule has 0 aliphatic heterocycles. The summed E-state index contributed by atoms with van der Waals surface area (Å²) in [5, 5.41) is 9.90. The number of carbonyl (C=O) groups excluding carboxylic acids is 1. The summed E-state index contributed by atoms with van der Waals surface area (Å²) < 4.78 is 0. The molecule has 6 nitrogen and oxygen atoms in total. The van der Waals surface area contributed by atoms with E-state index in [1.807, 2.05) is 36.4 Å². The topological polar surface area (TPSA) is 96.7 Å². The minimum absolute atomic E-state index is 0.0433. The van der Waals surface area contributed by atoms with Crippen molar-refractivity contribution < 1.29 is 4.79 Å². The first-order chi connectivity index (χ1) is 12.7. The molecule has 134 valence electrons. The lowest BCUT2D eigenvalue weighted by Gasteiger charge is -2.18. The molecule has 1 amide bonds. The highest BCUT2D eigenvalue weighted by Gasteiger charge is 2.14.